The maximum atomic E-state index is 11.0. The summed E-state index contributed by atoms with van der Waals surface area (Å²) in [5.41, 5.74) is 0.0553. The predicted molar refractivity (Wildman–Crippen MR) is 60.9 cm³/mol. The fraction of sp³-hybridized carbons (Fsp3) is 0. The Bertz CT molecular complexity index is 550. The van der Waals surface area contributed by atoms with Crippen LogP contribution in [0.3, 0.4) is 0 Å². The molecule has 0 unspecified atom stereocenters. The molecule has 0 aliphatic rings. The van der Waals surface area contributed by atoms with Crippen molar-refractivity contribution in [1.29, 1.82) is 0 Å². The smallest absolute Gasteiger partial charge is 0.337 e. The molecule has 0 atom stereocenters. The lowest BCUT2D eigenvalue weighted by molar-refractivity contribution is 0.0699. The Balaban J connectivity index is 2.95. The third kappa shape index (κ3) is 1.66. The van der Waals surface area contributed by atoms with E-state index in [4.69, 9.17) is 28.3 Å². The highest BCUT2D eigenvalue weighted by molar-refractivity contribution is 6.45. The molecule has 0 amide bonds. The van der Waals surface area contributed by atoms with Crippen molar-refractivity contribution in [2.24, 2.45) is 0 Å². The minimum Gasteiger partial charge on any atom is -0.478 e. The molecule has 0 bridgehead atoms. The van der Waals surface area contributed by atoms with E-state index < -0.39 is 5.97 Å². The zero-order chi connectivity index (χ0) is 11.0. The summed E-state index contributed by atoms with van der Waals surface area (Å²) in [6, 6.07) is 8.74. The highest BCUT2D eigenvalue weighted by Gasteiger charge is 2.15. The molecule has 2 aromatic rings. The molecular formula is C11H6Cl2O2. The van der Waals surface area contributed by atoms with Crippen molar-refractivity contribution in [3.8, 4) is 0 Å². The number of hydrogen-bond acceptors (Lipinski definition) is 1. The third-order valence-corrected chi connectivity index (χ3v) is 2.94. The van der Waals surface area contributed by atoms with Gasteiger partial charge in [0.05, 0.1) is 15.6 Å². The topological polar surface area (TPSA) is 37.3 Å². The maximum Gasteiger partial charge on any atom is 0.337 e. The van der Waals surface area contributed by atoms with Gasteiger partial charge in [0.1, 0.15) is 0 Å². The van der Waals surface area contributed by atoms with E-state index in [1.165, 1.54) is 0 Å². The Labute approximate surface area is 96.0 Å². The monoisotopic (exact) mass is 240 g/mol. The van der Waals surface area contributed by atoms with Crippen LogP contribution in [0.1, 0.15) is 10.4 Å². The number of halogens is 2. The molecule has 0 aliphatic heterocycles. The summed E-state index contributed by atoms with van der Waals surface area (Å²) in [6.45, 7) is 0. The number of rotatable bonds is 1. The predicted octanol–water partition coefficient (Wildman–Crippen LogP) is 3.84. The van der Waals surface area contributed by atoms with Gasteiger partial charge in [-0.25, -0.2) is 4.79 Å². The second kappa shape index (κ2) is 3.72. The zero-order valence-corrected chi connectivity index (χ0v) is 9.01. The Morgan fingerprint density at radius 2 is 1.87 bits per heavy atom. The van der Waals surface area contributed by atoms with Gasteiger partial charge in [0, 0.05) is 0 Å². The first-order valence-electron chi connectivity index (χ1n) is 4.21. The molecule has 0 saturated carbocycles. The number of aromatic carboxylic acids is 1. The van der Waals surface area contributed by atoms with E-state index in [9.17, 15) is 4.79 Å². The number of hydrogen-bond donors (Lipinski definition) is 1. The zero-order valence-electron chi connectivity index (χ0n) is 7.50. The van der Waals surface area contributed by atoms with Crippen LogP contribution in [0.4, 0.5) is 0 Å². The van der Waals surface area contributed by atoms with Crippen molar-refractivity contribution in [2.75, 3.05) is 0 Å². The van der Waals surface area contributed by atoms with E-state index in [2.05, 4.69) is 0 Å². The molecule has 4 heteroatoms. The molecule has 1 N–H and O–H groups in total. The molecule has 0 saturated heterocycles. The molecule has 76 valence electrons. The van der Waals surface area contributed by atoms with Gasteiger partial charge in [0.2, 0.25) is 0 Å². The van der Waals surface area contributed by atoms with E-state index in [1.807, 2.05) is 6.07 Å². The van der Waals surface area contributed by atoms with Gasteiger partial charge in [0.25, 0.3) is 0 Å². The summed E-state index contributed by atoms with van der Waals surface area (Å²) in [4.78, 5) is 11.0. The Morgan fingerprint density at radius 3 is 2.53 bits per heavy atom. The second-order valence-corrected chi connectivity index (χ2v) is 3.86. The van der Waals surface area contributed by atoms with E-state index in [1.54, 1.807) is 24.3 Å². The third-order valence-electron chi connectivity index (χ3n) is 2.16. The Hall–Kier alpha value is -1.25. The van der Waals surface area contributed by atoms with Gasteiger partial charge >= 0.3 is 5.97 Å². The average Bonchev–Trinajstić information content (AvgIpc) is 2.19. The summed E-state index contributed by atoms with van der Waals surface area (Å²) in [7, 11) is 0. The average molecular weight is 241 g/mol. The van der Waals surface area contributed by atoms with Crippen LogP contribution in [0.2, 0.25) is 10.0 Å². The molecular weight excluding hydrogens is 235 g/mol. The second-order valence-electron chi connectivity index (χ2n) is 3.07. The van der Waals surface area contributed by atoms with E-state index in [0.717, 1.165) is 5.39 Å². The van der Waals surface area contributed by atoms with Crippen molar-refractivity contribution in [1.82, 2.24) is 0 Å². The lowest BCUT2D eigenvalue weighted by Crippen LogP contribution is -1.99. The number of carbonyl (C=O) groups is 1. The first kappa shape index (κ1) is 10.3. The van der Waals surface area contributed by atoms with Crippen molar-refractivity contribution < 1.29 is 9.90 Å². The van der Waals surface area contributed by atoms with Crippen LogP contribution in [-0.4, -0.2) is 11.1 Å². The van der Waals surface area contributed by atoms with Gasteiger partial charge < -0.3 is 5.11 Å². The molecule has 0 heterocycles. The lowest BCUT2D eigenvalue weighted by atomic mass is 10.0. The van der Waals surface area contributed by atoms with E-state index >= 15 is 0 Å². The molecule has 0 aliphatic carbocycles. The van der Waals surface area contributed by atoms with Gasteiger partial charge in [-0.3, -0.25) is 0 Å². The van der Waals surface area contributed by atoms with Gasteiger partial charge in [-0.2, -0.15) is 0 Å². The number of fused-ring (bicyclic) bond motifs is 1. The maximum absolute atomic E-state index is 11.0. The molecule has 2 nitrogen and oxygen atoms in total. The minimum absolute atomic E-state index is 0.0553. The van der Waals surface area contributed by atoms with Gasteiger partial charge in [0.15, 0.2) is 0 Å². The molecule has 0 spiro atoms. The van der Waals surface area contributed by atoms with Crippen molar-refractivity contribution in [2.45, 2.75) is 0 Å². The van der Waals surface area contributed by atoms with Crippen molar-refractivity contribution in [3.63, 3.8) is 0 Å². The summed E-state index contributed by atoms with van der Waals surface area (Å²) in [5, 5.41) is 10.8. The van der Waals surface area contributed by atoms with Gasteiger partial charge in [-0.05, 0) is 16.8 Å². The van der Waals surface area contributed by atoms with Crippen LogP contribution < -0.4 is 0 Å². The molecule has 2 rings (SSSR count). The van der Waals surface area contributed by atoms with Crippen LogP contribution in [0.15, 0.2) is 30.3 Å². The molecule has 0 radical (unpaired) electrons. The van der Waals surface area contributed by atoms with Gasteiger partial charge in [-0.1, -0.05) is 47.5 Å². The van der Waals surface area contributed by atoms with Crippen LogP contribution in [0.5, 0.6) is 0 Å². The highest BCUT2D eigenvalue weighted by atomic mass is 35.5. The number of carboxylic acids is 1. The van der Waals surface area contributed by atoms with Crippen LogP contribution in [0, 0.1) is 0 Å². The quantitative estimate of drug-likeness (QED) is 0.823. The molecule has 0 aromatic heterocycles. The first-order chi connectivity index (χ1) is 7.11. The summed E-state index contributed by atoms with van der Waals surface area (Å²) >= 11 is 11.7. The fourth-order valence-electron chi connectivity index (χ4n) is 1.50. The molecule has 0 fully saturated rings. The largest absolute Gasteiger partial charge is 0.478 e. The lowest BCUT2D eigenvalue weighted by Gasteiger charge is -2.06. The minimum atomic E-state index is -1.07. The highest BCUT2D eigenvalue weighted by Crippen LogP contribution is 2.32. The van der Waals surface area contributed by atoms with Crippen LogP contribution >= 0.6 is 23.2 Å². The first-order valence-corrected chi connectivity index (χ1v) is 4.97. The Morgan fingerprint density at radius 1 is 1.20 bits per heavy atom. The van der Waals surface area contributed by atoms with E-state index in [0.29, 0.717) is 5.39 Å². The fourth-order valence-corrected chi connectivity index (χ4v) is 1.95. The Kier molecular flexibility index (Phi) is 2.55. The summed E-state index contributed by atoms with van der Waals surface area (Å²) in [6.07, 6.45) is 0. The van der Waals surface area contributed by atoms with E-state index in [-0.39, 0.29) is 15.6 Å². The SMILES string of the molecule is O=C(O)c1c(Cl)c(Cl)cc2ccccc12. The molecule has 15 heavy (non-hydrogen) atoms. The van der Waals surface area contributed by atoms with Crippen LogP contribution in [0.25, 0.3) is 10.8 Å². The number of carboxylic acid groups (broad SMARTS) is 1. The van der Waals surface area contributed by atoms with Crippen molar-refractivity contribution in [3.05, 3.63) is 45.9 Å². The van der Waals surface area contributed by atoms with Crippen molar-refractivity contribution >= 4 is 39.9 Å². The number of benzene rings is 2. The van der Waals surface area contributed by atoms with Gasteiger partial charge in [-0.15, -0.1) is 0 Å². The normalized spacial score (nSPS) is 10.5. The standard InChI is InChI=1S/C11H6Cl2O2/c12-8-5-6-3-1-2-4-7(6)9(10(8)13)11(14)15/h1-5H,(H,14,15). The van der Waals surface area contributed by atoms with Crippen LogP contribution in [-0.2, 0) is 0 Å². The molecule has 2 aromatic carbocycles. The summed E-state index contributed by atoms with van der Waals surface area (Å²) in [5.74, 6) is -1.07. The summed E-state index contributed by atoms with van der Waals surface area (Å²) < 4.78 is 0.